The highest BCUT2D eigenvalue weighted by atomic mass is 31.2. The Hall–Kier alpha value is -2.53. The van der Waals surface area contributed by atoms with E-state index in [2.05, 4.69) is 28.1 Å². The summed E-state index contributed by atoms with van der Waals surface area (Å²) in [5.74, 6) is 1.27. The third kappa shape index (κ3) is 3.56. The van der Waals surface area contributed by atoms with Crippen LogP contribution in [0.4, 0.5) is 0 Å². The molecule has 1 saturated heterocycles. The van der Waals surface area contributed by atoms with E-state index in [1.54, 1.807) is 0 Å². The largest absolute Gasteiger partial charge is 0.460 e. The summed E-state index contributed by atoms with van der Waals surface area (Å²) in [6.07, 6.45) is 7.41. The topological polar surface area (TPSA) is 73.5 Å². The van der Waals surface area contributed by atoms with Gasteiger partial charge in [-0.25, -0.2) is 0 Å². The van der Waals surface area contributed by atoms with Crippen molar-refractivity contribution in [2.45, 2.75) is 32.2 Å². The van der Waals surface area contributed by atoms with Crippen LogP contribution in [0, 0.1) is 6.92 Å². The third-order valence-electron chi connectivity index (χ3n) is 6.09. The van der Waals surface area contributed by atoms with Gasteiger partial charge >= 0.3 is 8.60 Å². The summed E-state index contributed by atoms with van der Waals surface area (Å²) < 4.78 is 11.8. The molecule has 6 nitrogen and oxygen atoms in total. The van der Waals surface area contributed by atoms with E-state index >= 15 is 0 Å². The molecule has 0 spiro atoms. The van der Waals surface area contributed by atoms with Crippen LogP contribution in [0.1, 0.15) is 24.0 Å². The Bertz CT molecular complexity index is 1190. The molecule has 156 valence electrons. The lowest BCUT2D eigenvalue weighted by atomic mass is 10.0. The van der Waals surface area contributed by atoms with E-state index in [0.29, 0.717) is 17.5 Å². The van der Waals surface area contributed by atoms with Crippen LogP contribution < -0.4 is 9.05 Å². The molecular weight excluding hydrogens is 397 g/mol. The van der Waals surface area contributed by atoms with Gasteiger partial charge in [-0.05, 0) is 75.2 Å². The summed E-state index contributed by atoms with van der Waals surface area (Å²) >= 11 is 0. The van der Waals surface area contributed by atoms with Crippen molar-refractivity contribution in [2.24, 2.45) is 0 Å². The molecule has 3 N–H and O–H groups in total. The minimum Gasteiger partial charge on any atom is -0.417 e. The van der Waals surface area contributed by atoms with Crippen molar-refractivity contribution in [3.8, 4) is 11.5 Å². The molecule has 0 saturated carbocycles. The van der Waals surface area contributed by atoms with Crippen LogP contribution in [0.25, 0.3) is 21.8 Å². The number of H-pyrrole nitrogens is 2. The van der Waals surface area contributed by atoms with Crippen molar-refractivity contribution in [1.82, 2.24) is 14.9 Å². The molecule has 0 aliphatic carbocycles. The van der Waals surface area contributed by atoms with Crippen LogP contribution in [0.3, 0.4) is 0 Å². The van der Waals surface area contributed by atoms with Gasteiger partial charge in [0.2, 0.25) is 0 Å². The van der Waals surface area contributed by atoms with Gasteiger partial charge in [-0.3, -0.25) is 0 Å². The van der Waals surface area contributed by atoms with Gasteiger partial charge in [0.25, 0.3) is 0 Å². The average molecular weight is 423 g/mol. The Kier molecular flexibility index (Phi) is 5.15. The van der Waals surface area contributed by atoms with Crippen LogP contribution in [-0.2, 0) is 6.42 Å². The van der Waals surface area contributed by atoms with Gasteiger partial charge in [0.05, 0.1) is 0 Å². The maximum atomic E-state index is 10.6. The fourth-order valence-corrected chi connectivity index (χ4v) is 5.21. The van der Waals surface area contributed by atoms with Crippen LogP contribution in [0.2, 0.25) is 0 Å². The Labute approximate surface area is 176 Å². The number of aromatic nitrogens is 2. The molecule has 1 fully saturated rings. The number of benzene rings is 2. The van der Waals surface area contributed by atoms with Gasteiger partial charge in [-0.1, -0.05) is 12.1 Å². The number of hydrogen-bond acceptors (Lipinski definition) is 4. The summed E-state index contributed by atoms with van der Waals surface area (Å²) in [6.45, 7) is 3.16. The summed E-state index contributed by atoms with van der Waals surface area (Å²) in [4.78, 5) is 19.6. The van der Waals surface area contributed by atoms with Gasteiger partial charge in [-0.15, -0.1) is 0 Å². The molecular formula is C23H26N3O3P. The number of nitrogens with zero attached hydrogens (tertiary/aromatic N) is 1. The lowest BCUT2D eigenvalue weighted by Crippen LogP contribution is -2.26. The number of aromatic amines is 2. The molecule has 7 heteroatoms. The van der Waals surface area contributed by atoms with Crippen LogP contribution in [0.5, 0.6) is 11.5 Å². The van der Waals surface area contributed by atoms with Crippen LogP contribution in [-0.4, -0.2) is 39.4 Å². The number of aryl methyl sites for hydroxylation is 1. The first-order valence-electron chi connectivity index (χ1n) is 10.3. The van der Waals surface area contributed by atoms with Crippen molar-refractivity contribution in [3.63, 3.8) is 0 Å². The standard InChI is InChI=1S/C23H26N3O3P/c1-15-13-24-18-7-3-9-20(22(15)18)28-30(27)29-21-10-4-8-19-23(21)16(14-25-19)12-17-6-5-11-26(17)2/h3-4,7-10,13-14,17,24-25,27H,5-6,11-12H2,1-2H3. The minimum absolute atomic E-state index is 0.540. The predicted molar refractivity (Wildman–Crippen MR) is 121 cm³/mol. The molecule has 4 aromatic rings. The molecule has 0 bridgehead atoms. The highest BCUT2D eigenvalue weighted by Crippen LogP contribution is 2.43. The number of rotatable bonds is 6. The van der Waals surface area contributed by atoms with Gasteiger partial charge < -0.3 is 28.8 Å². The van der Waals surface area contributed by atoms with E-state index in [4.69, 9.17) is 9.05 Å². The lowest BCUT2D eigenvalue weighted by Gasteiger charge is -2.19. The Morgan fingerprint density at radius 3 is 2.40 bits per heavy atom. The van der Waals surface area contributed by atoms with E-state index < -0.39 is 8.60 Å². The van der Waals surface area contributed by atoms with Gasteiger partial charge in [-0.2, -0.15) is 0 Å². The second-order valence-corrected chi connectivity index (χ2v) is 8.89. The average Bonchev–Trinajstić information content (AvgIpc) is 3.43. The summed E-state index contributed by atoms with van der Waals surface area (Å²) in [7, 11) is 0.0601. The highest BCUT2D eigenvalue weighted by molar-refractivity contribution is 7.41. The fraction of sp³-hybridized carbons (Fsp3) is 0.304. The highest BCUT2D eigenvalue weighted by Gasteiger charge is 2.24. The first-order valence-corrected chi connectivity index (χ1v) is 11.4. The predicted octanol–water partition coefficient (Wildman–Crippen LogP) is 5.27. The Balaban J connectivity index is 1.40. The molecule has 5 rings (SSSR count). The van der Waals surface area contributed by atoms with Gasteiger partial charge in [0, 0.05) is 40.2 Å². The fourth-order valence-electron chi connectivity index (χ4n) is 4.53. The van der Waals surface area contributed by atoms with Gasteiger partial charge in [0.1, 0.15) is 11.5 Å². The Morgan fingerprint density at radius 1 is 1.03 bits per heavy atom. The van der Waals surface area contributed by atoms with E-state index in [9.17, 15) is 4.89 Å². The zero-order chi connectivity index (χ0) is 20.7. The number of nitrogens with one attached hydrogen (secondary N) is 2. The summed E-state index contributed by atoms with van der Waals surface area (Å²) in [5, 5.41) is 1.99. The first kappa shape index (κ1) is 19.4. The second-order valence-electron chi connectivity index (χ2n) is 8.04. The SMILES string of the molecule is Cc1c[nH]c2cccc(OP(O)Oc3cccc4[nH]cc(CC5CCCN5C)c34)c12. The quantitative estimate of drug-likeness (QED) is 0.369. The zero-order valence-electron chi connectivity index (χ0n) is 17.2. The minimum atomic E-state index is -2.13. The van der Waals surface area contributed by atoms with Crippen molar-refractivity contribution in [2.75, 3.05) is 13.6 Å². The van der Waals surface area contributed by atoms with E-state index in [1.165, 1.54) is 18.4 Å². The Morgan fingerprint density at radius 2 is 1.70 bits per heavy atom. The molecule has 2 aromatic carbocycles. The molecule has 2 atom stereocenters. The molecule has 3 heterocycles. The number of fused-ring (bicyclic) bond motifs is 2. The maximum absolute atomic E-state index is 10.6. The van der Waals surface area contributed by atoms with E-state index in [-0.39, 0.29) is 0 Å². The van der Waals surface area contributed by atoms with Crippen molar-refractivity contribution >= 4 is 30.4 Å². The third-order valence-corrected chi connectivity index (χ3v) is 6.80. The first-order chi connectivity index (χ1) is 14.6. The van der Waals surface area contributed by atoms with Crippen molar-refractivity contribution in [3.05, 3.63) is 59.9 Å². The van der Waals surface area contributed by atoms with E-state index in [0.717, 1.165) is 40.3 Å². The number of hydrogen-bond donors (Lipinski definition) is 3. The molecule has 0 radical (unpaired) electrons. The summed E-state index contributed by atoms with van der Waals surface area (Å²) in [6, 6.07) is 12.2. The smallest absolute Gasteiger partial charge is 0.417 e. The molecule has 30 heavy (non-hydrogen) atoms. The van der Waals surface area contributed by atoms with Crippen LogP contribution >= 0.6 is 8.60 Å². The molecule has 1 aliphatic heterocycles. The molecule has 2 aromatic heterocycles. The molecule has 0 amide bonds. The normalized spacial score (nSPS) is 18.3. The monoisotopic (exact) mass is 423 g/mol. The van der Waals surface area contributed by atoms with Crippen molar-refractivity contribution in [1.29, 1.82) is 0 Å². The summed E-state index contributed by atoms with van der Waals surface area (Å²) in [5.41, 5.74) is 4.27. The molecule has 1 aliphatic rings. The maximum Gasteiger partial charge on any atom is 0.460 e. The van der Waals surface area contributed by atoms with Crippen molar-refractivity contribution < 1.29 is 13.9 Å². The van der Waals surface area contributed by atoms with Crippen LogP contribution in [0.15, 0.2) is 48.8 Å². The number of likely N-dealkylation sites (tertiary alicyclic amines) is 1. The number of likely N-dealkylation sites (N-methyl/N-ethyl adjacent to an activating group) is 1. The zero-order valence-corrected chi connectivity index (χ0v) is 18.1. The second kappa shape index (κ2) is 7.95. The lowest BCUT2D eigenvalue weighted by molar-refractivity contribution is 0.309. The van der Waals surface area contributed by atoms with Gasteiger partial charge in [0.15, 0.2) is 0 Å². The van der Waals surface area contributed by atoms with E-state index in [1.807, 2.05) is 49.5 Å². The molecule has 2 unspecified atom stereocenters.